The van der Waals surface area contributed by atoms with Crippen LogP contribution < -0.4 is 0 Å². The van der Waals surface area contributed by atoms with Crippen molar-refractivity contribution in [2.75, 3.05) is 0 Å². The summed E-state index contributed by atoms with van der Waals surface area (Å²) in [6, 6.07) is 16.9. The van der Waals surface area contributed by atoms with Gasteiger partial charge in [-0.15, -0.1) is 0 Å². The topological polar surface area (TPSA) is 99.1 Å². The van der Waals surface area contributed by atoms with E-state index >= 15 is 0 Å². The van der Waals surface area contributed by atoms with E-state index in [-0.39, 0.29) is 12.0 Å². The first-order valence-electron chi connectivity index (χ1n) is 14.1. The third-order valence-electron chi connectivity index (χ3n) is 5.75. The average Bonchev–Trinajstić information content (AvgIpc) is 2.96. The minimum atomic E-state index is -1.04. The molecule has 0 fully saturated rings. The largest absolute Gasteiger partial charge is 0.508 e. The Hall–Kier alpha value is -4.65. The summed E-state index contributed by atoms with van der Waals surface area (Å²) in [6.45, 7) is 28.2. The third kappa shape index (κ3) is 18.0. The molecule has 2 rings (SSSR count). The van der Waals surface area contributed by atoms with Gasteiger partial charge >= 0.3 is 17.9 Å². The maximum Gasteiger partial charge on any atom is 0.334 e. The fourth-order valence-electron chi connectivity index (χ4n) is 3.46. The number of rotatable bonds is 12. The SMILES string of the molecule is C=CC(=O)OC(C)(C)CCC(C)(CC(=C)C(=O)OC(C)(C)C)OC(=O)C=C.C=Cc1ccc(O)cc1.C=Cc1ccccc1. The van der Waals surface area contributed by atoms with Gasteiger partial charge in [0.15, 0.2) is 0 Å². The van der Waals surface area contributed by atoms with Crippen molar-refractivity contribution >= 4 is 30.1 Å². The lowest BCUT2D eigenvalue weighted by Crippen LogP contribution is -2.37. The van der Waals surface area contributed by atoms with Gasteiger partial charge in [0.05, 0.1) is 0 Å². The van der Waals surface area contributed by atoms with Crippen molar-refractivity contribution in [1.29, 1.82) is 0 Å². The molecule has 1 N–H and O–H groups in total. The summed E-state index contributed by atoms with van der Waals surface area (Å²) in [5.74, 6) is -1.42. The summed E-state index contributed by atoms with van der Waals surface area (Å²) in [5.41, 5.74) is -0.127. The quantitative estimate of drug-likeness (QED) is 0.147. The van der Waals surface area contributed by atoms with Crippen LogP contribution in [0.1, 0.15) is 71.9 Å². The second-order valence-electron chi connectivity index (χ2n) is 11.7. The Morgan fingerprint density at radius 2 is 1.18 bits per heavy atom. The fraction of sp³-hybridized carbons (Fsp3) is 0.324. The standard InChI is InChI=1S/C21H32O6.C8H8O.C8H8/c1-10-16(22)25-20(7,8)12-13-21(9,26-17(23)11-2)14-15(3)18(24)27-19(4,5)6;1-2-7-3-5-8(9)6-4-7;1-2-8-6-4-3-5-7-8/h10-11H,1-3,12-14H2,4-9H3;2-6,9H,1H2;2-7H,1H2. The summed E-state index contributed by atoms with van der Waals surface area (Å²) in [7, 11) is 0. The molecule has 0 saturated carbocycles. The minimum absolute atomic E-state index is 0.0764. The zero-order valence-corrected chi connectivity index (χ0v) is 27.1. The Balaban J connectivity index is 0.000000864. The molecule has 7 heteroatoms. The lowest BCUT2D eigenvalue weighted by atomic mass is 9.87. The Labute approximate surface area is 263 Å². The normalized spacial score (nSPS) is 11.8. The number of esters is 3. The number of aromatic hydroxyl groups is 1. The fourth-order valence-corrected chi connectivity index (χ4v) is 3.46. The molecule has 0 radical (unpaired) electrons. The second kappa shape index (κ2) is 18.8. The monoisotopic (exact) mass is 604 g/mol. The van der Waals surface area contributed by atoms with E-state index in [1.165, 1.54) is 5.56 Å². The van der Waals surface area contributed by atoms with Gasteiger partial charge in [-0.1, -0.05) is 87.5 Å². The summed E-state index contributed by atoms with van der Waals surface area (Å²) >= 11 is 0. The van der Waals surface area contributed by atoms with Crippen LogP contribution in [-0.2, 0) is 28.6 Å². The van der Waals surface area contributed by atoms with Crippen LogP contribution in [0.25, 0.3) is 12.2 Å². The molecule has 1 atom stereocenters. The van der Waals surface area contributed by atoms with Gasteiger partial charge in [-0.2, -0.15) is 0 Å². The molecule has 0 saturated heterocycles. The molecule has 44 heavy (non-hydrogen) atoms. The number of hydrogen-bond acceptors (Lipinski definition) is 7. The number of phenols is 1. The maximum atomic E-state index is 12.2. The molecule has 0 amide bonds. The van der Waals surface area contributed by atoms with Crippen molar-refractivity contribution in [3.05, 3.63) is 116 Å². The van der Waals surface area contributed by atoms with Crippen molar-refractivity contribution in [2.45, 2.75) is 77.6 Å². The molecule has 2 aromatic carbocycles. The van der Waals surface area contributed by atoms with Crippen molar-refractivity contribution in [1.82, 2.24) is 0 Å². The summed E-state index contributed by atoms with van der Waals surface area (Å²) in [5, 5.41) is 8.82. The molecular weight excluding hydrogens is 556 g/mol. The molecule has 0 aliphatic heterocycles. The minimum Gasteiger partial charge on any atom is -0.508 e. The van der Waals surface area contributed by atoms with Crippen LogP contribution in [0.5, 0.6) is 5.75 Å². The molecule has 2 aromatic rings. The summed E-state index contributed by atoms with van der Waals surface area (Å²) in [6.07, 6.45) is 6.49. The number of benzene rings is 2. The predicted octanol–water partition coefficient (Wildman–Crippen LogP) is 8.42. The highest BCUT2D eigenvalue weighted by molar-refractivity contribution is 5.88. The van der Waals surface area contributed by atoms with E-state index in [9.17, 15) is 14.4 Å². The first kappa shape index (κ1) is 39.4. The average molecular weight is 605 g/mol. The molecule has 238 valence electrons. The van der Waals surface area contributed by atoms with Crippen molar-refractivity contribution in [3.8, 4) is 5.75 Å². The molecule has 1 unspecified atom stereocenters. The first-order chi connectivity index (χ1) is 20.4. The van der Waals surface area contributed by atoms with Crippen molar-refractivity contribution in [3.63, 3.8) is 0 Å². The van der Waals surface area contributed by atoms with Crippen molar-refractivity contribution < 1.29 is 33.7 Å². The highest BCUT2D eigenvalue weighted by Gasteiger charge is 2.35. The number of ether oxygens (including phenoxy) is 3. The van der Waals surface area contributed by atoms with Crippen LogP contribution in [0.4, 0.5) is 0 Å². The van der Waals surface area contributed by atoms with Gasteiger partial charge in [0.2, 0.25) is 0 Å². The van der Waals surface area contributed by atoms with E-state index in [2.05, 4.69) is 32.9 Å². The zero-order valence-electron chi connectivity index (χ0n) is 27.1. The Bertz CT molecular complexity index is 1270. The van der Waals surface area contributed by atoms with E-state index < -0.39 is 34.7 Å². The zero-order chi connectivity index (χ0) is 34.0. The highest BCUT2D eigenvalue weighted by Crippen LogP contribution is 2.31. The molecule has 0 heterocycles. The van der Waals surface area contributed by atoms with E-state index in [1.807, 2.05) is 48.5 Å². The molecule has 0 aliphatic carbocycles. The van der Waals surface area contributed by atoms with Crippen LogP contribution in [-0.4, -0.2) is 39.8 Å². The van der Waals surface area contributed by atoms with Gasteiger partial charge in [-0.25, -0.2) is 14.4 Å². The number of hydrogen-bond donors (Lipinski definition) is 1. The van der Waals surface area contributed by atoms with E-state index in [1.54, 1.807) is 59.8 Å². The molecule has 0 aliphatic rings. The van der Waals surface area contributed by atoms with Gasteiger partial charge in [0.1, 0.15) is 22.6 Å². The Morgan fingerprint density at radius 1 is 0.705 bits per heavy atom. The van der Waals surface area contributed by atoms with Gasteiger partial charge in [-0.05, 0) is 77.6 Å². The van der Waals surface area contributed by atoms with Crippen LogP contribution >= 0.6 is 0 Å². The van der Waals surface area contributed by atoms with Crippen LogP contribution in [0.2, 0.25) is 0 Å². The second-order valence-corrected chi connectivity index (χ2v) is 11.7. The highest BCUT2D eigenvalue weighted by atomic mass is 16.6. The third-order valence-corrected chi connectivity index (χ3v) is 5.75. The maximum absolute atomic E-state index is 12.2. The van der Waals surface area contributed by atoms with E-state index in [0.717, 1.165) is 17.7 Å². The van der Waals surface area contributed by atoms with E-state index in [4.69, 9.17) is 19.3 Å². The number of carbonyl (C=O) groups excluding carboxylic acids is 3. The van der Waals surface area contributed by atoms with E-state index in [0.29, 0.717) is 18.6 Å². The summed E-state index contributed by atoms with van der Waals surface area (Å²) < 4.78 is 16.1. The van der Waals surface area contributed by atoms with Crippen LogP contribution in [0.15, 0.2) is 105 Å². The lowest BCUT2D eigenvalue weighted by molar-refractivity contribution is -0.160. The molecular formula is C37H48O7. The van der Waals surface area contributed by atoms with Gasteiger partial charge in [-0.3, -0.25) is 0 Å². The molecule has 0 bridgehead atoms. The number of carbonyl (C=O) groups is 3. The van der Waals surface area contributed by atoms with Crippen LogP contribution in [0.3, 0.4) is 0 Å². The lowest BCUT2D eigenvalue weighted by Gasteiger charge is -2.33. The molecule has 0 aromatic heterocycles. The van der Waals surface area contributed by atoms with Gasteiger partial charge < -0.3 is 19.3 Å². The molecule has 0 spiro atoms. The van der Waals surface area contributed by atoms with Crippen molar-refractivity contribution in [2.24, 2.45) is 0 Å². The Kier molecular flexibility index (Phi) is 16.8. The number of phenolic OH excluding ortho intramolecular Hbond substituents is 1. The first-order valence-corrected chi connectivity index (χ1v) is 14.1. The van der Waals surface area contributed by atoms with Gasteiger partial charge in [0.25, 0.3) is 0 Å². The van der Waals surface area contributed by atoms with Gasteiger partial charge in [0, 0.05) is 24.1 Å². The van der Waals surface area contributed by atoms with Crippen LogP contribution in [0, 0.1) is 0 Å². The predicted molar refractivity (Wildman–Crippen MR) is 179 cm³/mol. The molecule has 7 nitrogen and oxygen atoms in total. The smallest absolute Gasteiger partial charge is 0.334 e. The summed E-state index contributed by atoms with van der Waals surface area (Å²) in [4.78, 5) is 35.4. The Morgan fingerprint density at radius 3 is 1.61 bits per heavy atom.